The van der Waals surface area contributed by atoms with Crippen molar-refractivity contribution in [2.45, 2.75) is 18.6 Å². The first-order chi connectivity index (χ1) is 9.65. The van der Waals surface area contributed by atoms with E-state index in [1.165, 1.54) is 0 Å². The largest absolute Gasteiger partial charge is 0.391 e. The molecule has 4 nitrogen and oxygen atoms in total. The number of aliphatic hydroxyl groups excluding tert-OH is 1. The molecule has 0 bridgehead atoms. The molecule has 3 N–H and O–H groups in total. The van der Waals surface area contributed by atoms with E-state index in [4.69, 9.17) is 5.73 Å². The average molecular weight is 307 g/mol. The van der Waals surface area contributed by atoms with Crippen LogP contribution in [0.25, 0.3) is 10.8 Å². The summed E-state index contributed by atoms with van der Waals surface area (Å²) in [7, 11) is 0. The summed E-state index contributed by atoms with van der Waals surface area (Å²) in [5.41, 5.74) is 6.56. The molecule has 0 radical (unpaired) electrons. The summed E-state index contributed by atoms with van der Waals surface area (Å²) < 4.78 is 0. The van der Waals surface area contributed by atoms with Crippen molar-refractivity contribution in [3.05, 3.63) is 48.0 Å². The monoisotopic (exact) mass is 306 g/mol. The van der Waals surface area contributed by atoms with Gasteiger partial charge >= 0.3 is 0 Å². The van der Waals surface area contributed by atoms with Crippen LogP contribution < -0.4 is 5.73 Å². The zero-order chi connectivity index (χ0) is 14.1. The number of piperidine rings is 1. The zero-order valence-electron chi connectivity index (χ0n) is 11.6. The minimum atomic E-state index is -0.530. The number of β-amino-alcohol motifs (C(OH)–C–C–N with tert-alkyl or cyclic N) is 1. The van der Waals surface area contributed by atoms with Crippen molar-refractivity contribution in [2.75, 3.05) is 13.1 Å². The quantitative estimate of drug-likeness (QED) is 0.844. The lowest BCUT2D eigenvalue weighted by Crippen LogP contribution is -2.51. The van der Waals surface area contributed by atoms with Gasteiger partial charge in [0.2, 0.25) is 0 Å². The summed E-state index contributed by atoms with van der Waals surface area (Å²) in [6, 6.07) is 13.4. The van der Waals surface area contributed by atoms with Crippen molar-refractivity contribution in [1.82, 2.24) is 4.90 Å². The minimum Gasteiger partial charge on any atom is -0.391 e. The number of benzene rings is 2. The second-order valence-electron chi connectivity index (χ2n) is 5.39. The number of hydrogen-bond acceptors (Lipinski definition) is 3. The molecule has 0 spiro atoms. The van der Waals surface area contributed by atoms with Crippen molar-refractivity contribution >= 4 is 29.1 Å². The van der Waals surface area contributed by atoms with Crippen LogP contribution in [-0.4, -0.2) is 41.1 Å². The number of amides is 1. The lowest BCUT2D eigenvalue weighted by molar-refractivity contribution is 0.0425. The topological polar surface area (TPSA) is 66.6 Å². The molecule has 112 valence electrons. The normalized spacial score (nSPS) is 21.9. The third-order valence-electron chi connectivity index (χ3n) is 3.77. The van der Waals surface area contributed by atoms with E-state index in [9.17, 15) is 9.90 Å². The second kappa shape index (κ2) is 6.43. The van der Waals surface area contributed by atoms with Crippen LogP contribution in [0, 0.1) is 0 Å². The van der Waals surface area contributed by atoms with Crippen LogP contribution in [0.15, 0.2) is 42.5 Å². The summed E-state index contributed by atoms with van der Waals surface area (Å²) in [6.45, 7) is 0.856. The Morgan fingerprint density at radius 1 is 1.14 bits per heavy atom. The number of nitrogens with zero attached hydrogens (tertiary/aromatic N) is 1. The van der Waals surface area contributed by atoms with Gasteiger partial charge in [0.25, 0.3) is 5.91 Å². The van der Waals surface area contributed by atoms with Gasteiger partial charge in [-0.05, 0) is 23.3 Å². The molecule has 0 unspecified atom stereocenters. The van der Waals surface area contributed by atoms with E-state index in [2.05, 4.69) is 0 Å². The van der Waals surface area contributed by atoms with E-state index in [0.29, 0.717) is 25.1 Å². The second-order valence-corrected chi connectivity index (χ2v) is 5.39. The fourth-order valence-electron chi connectivity index (χ4n) is 2.86. The Bertz CT molecular complexity index is 632. The fraction of sp³-hybridized carbons (Fsp3) is 0.312. The number of aliphatic hydroxyl groups is 1. The Morgan fingerprint density at radius 2 is 1.86 bits per heavy atom. The maximum Gasteiger partial charge on any atom is 0.254 e. The summed E-state index contributed by atoms with van der Waals surface area (Å²) in [5, 5.41) is 11.8. The Labute approximate surface area is 130 Å². The summed E-state index contributed by atoms with van der Waals surface area (Å²) in [4.78, 5) is 14.3. The Hall–Kier alpha value is -1.62. The van der Waals surface area contributed by atoms with Crippen LogP contribution in [0.1, 0.15) is 16.8 Å². The highest BCUT2D eigenvalue weighted by molar-refractivity contribution is 6.07. The molecule has 2 aromatic rings. The molecule has 1 amide bonds. The molecule has 1 aliphatic rings. The number of rotatable bonds is 1. The first kappa shape index (κ1) is 15.8. The van der Waals surface area contributed by atoms with Crippen LogP contribution in [0.3, 0.4) is 0 Å². The highest BCUT2D eigenvalue weighted by atomic mass is 35.5. The summed E-state index contributed by atoms with van der Waals surface area (Å²) >= 11 is 0. The van der Waals surface area contributed by atoms with Gasteiger partial charge in [-0.25, -0.2) is 0 Å². The fourth-order valence-corrected chi connectivity index (χ4v) is 2.86. The van der Waals surface area contributed by atoms with Gasteiger partial charge in [0.15, 0.2) is 0 Å². The van der Waals surface area contributed by atoms with Crippen LogP contribution in [0.4, 0.5) is 0 Å². The molecular weight excluding hydrogens is 288 g/mol. The highest BCUT2D eigenvalue weighted by Gasteiger charge is 2.28. The third kappa shape index (κ3) is 3.18. The molecule has 1 aliphatic heterocycles. The molecule has 1 fully saturated rings. The molecule has 5 heteroatoms. The molecule has 0 saturated carbocycles. The lowest BCUT2D eigenvalue weighted by atomic mass is 10.00. The van der Waals surface area contributed by atoms with Crippen LogP contribution >= 0.6 is 12.4 Å². The van der Waals surface area contributed by atoms with E-state index in [-0.39, 0.29) is 24.4 Å². The van der Waals surface area contributed by atoms with E-state index >= 15 is 0 Å². The van der Waals surface area contributed by atoms with Crippen molar-refractivity contribution in [1.29, 1.82) is 0 Å². The van der Waals surface area contributed by atoms with Gasteiger partial charge in [-0.1, -0.05) is 36.4 Å². The molecule has 2 aromatic carbocycles. The van der Waals surface area contributed by atoms with Crippen LogP contribution in [-0.2, 0) is 0 Å². The Kier molecular flexibility index (Phi) is 4.83. The smallest absolute Gasteiger partial charge is 0.254 e. The number of nitrogens with two attached hydrogens (primary N) is 1. The van der Waals surface area contributed by atoms with Gasteiger partial charge in [-0.2, -0.15) is 0 Å². The number of carbonyl (C=O) groups is 1. The average Bonchev–Trinajstić information content (AvgIpc) is 2.45. The molecule has 21 heavy (non-hydrogen) atoms. The highest BCUT2D eigenvalue weighted by Crippen LogP contribution is 2.21. The van der Waals surface area contributed by atoms with Gasteiger partial charge in [0.05, 0.1) is 6.10 Å². The van der Waals surface area contributed by atoms with Crippen molar-refractivity contribution < 1.29 is 9.90 Å². The predicted octanol–water partition coefficient (Wildman–Crippen LogP) is 1.80. The van der Waals surface area contributed by atoms with E-state index < -0.39 is 6.10 Å². The summed E-state index contributed by atoms with van der Waals surface area (Å²) in [5.74, 6) is -0.0593. The van der Waals surface area contributed by atoms with Crippen molar-refractivity contribution in [3.8, 4) is 0 Å². The van der Waals surface area contributed by atoms with Crippen molar-refractivity contribution in [2.24, 2.45) is 5.73 Å². The van der Waals surface area contributed by atoms with Crippen LogP contribution in [0.5, 0.6) is 0 Å². The molecule has 0 aromatic heterocycles. The van der Waals surface area contributed by atoms with Gasteiger partial charge in [-0.15, -0.1) is 12.4 Å². The SMILES string of the molecule is Cl.N[C@H]1C[C@@H](O)CN(C(=O)c2cccc3ccccc23)C1. The lowest BCUT2D eigenvalue weighted by Gasteiger charge is -2.34. The molecule has 0 aliphatic carbocycles. The number of halogens is 1. The molecule has 1 saturated heterocycles. The minimum absolute atomic E-state index is 0. The van der Waals surface area contributed by atoms with E-state index in [0.717, 1.165) is 10.8 Å². The Balaban J connectivity index is 0.00000161. The molecule has 1 heterocycles. The first-order valence-corrected chi connectivity index (χ1v) is 6.86. The molecular formula is C16H19ClN2O2. The number of likely N-dealkylation sites (tertiary alicyclic amines) is 1. The summed E-state index contributed by atoms with van der Waals surface area (Å²) in [6.07, 6.45) is 0.0249. The maximum absolute atomic E-state index is 12.7. The van der Waals surface area contributed by atoms with Crippen LogP contribution in [0.2, 0.25) is 0 Å². The molecule has 3 rings (SSSR count). The first-order valence-electron chi connectivity index (χ1n) is 6.86. The maximum atomic E-state index is 12.7. The van der Waals surface area contributed by atoms with Gasteiger partial charge in [0.1, 0.15) is 0 Å². The standard InChI is InChI=1S/C16H18N2O2.ClH/c17-12-8-13(19)10-18(9-12)16(20)15-7-3-5-11-4-1-2-6-14(11)15;/h1-7,12-13,19H,8-10,17H2;1H/t12-,13+;/m0./s1. The van der Waals surface area contributed by atoms with Gasteiger partial charge in [0, 0.05) is 24.7 Å². The number of fused-ring (bicyclic) bond motifs is 1. The van der Waals surface area contributed by atoms with Crippen molar-refractivity contribution in [3.63, 3.8) is 0 Å². The Morgan fingerprint density at radius 3 is 2.62 bits per heavy atom. The molecule has 2 atom stereocenters. The van der Waals surface area contributed by atoms with Gasteiger partial charge < -0.3 is 15.7 Å². The van der Waals surface area contributed by atoms with E-state index in [1.807, 2.05) is 42.5 Å². The number of carbonyl (C=O) groups excluding carboxylic acids is 1. The predicted molar refractivity (Wildman–Crippen MR) is 85.7 cm³/mol. The third-order valence-corrected chi connectivity index (χ3v) is 3.77. The zero-order valence-corrected chi connectivity index (χ0v) is 12.4. The van der Waals surface area contributed by atoms with E-state index in [1.54, 1.807) is 4.90 Å². The van der Waals surface area contributed by atoms with Gasteiger partial charge in [-0.3, -0.25) is 4.79 Å². The number of hydrogen-bond donors (Lipinski definition) is 2.